The minimum absolute atomic E-state index is 0.149. The Morgan fingerprint density at radius 2 is 2.05 bits per heavy atom. The van der Waals surface area contributed by atoms with Crippen LogP contribution in [0.15, 0.2) is 18.2 Å². The van der Waals surface area contributed by atoms with Crippen LogP contribution < -0.4 is 10.2 Å². The van der Waals surface area contributed by atoms with Crippen LogP contribution >= 0.6 is 0 Å². The lowest BCUT2D eigenvalue weighted by Gasteiger charge is -2.31. The van der Waals surface area contributed by atoms with Gasteiger partial charge in [-0.15, -0.1) is 0 Å². The summed E-state index contributed by atoms with van der Waals surface area (Å²) >= 11 is 0. The Bertz CT molecular complexity index is 566. The summed E-state index contributed by atoms with van der Waals surface area (Å²) in [7, 11) is 0. The number of carbonyl (C=O) groups excluding carboxylic acids is 2. The third kappa shape index (κ3) is 2.09. The maximum Gasteiger partial charge on any atom is 0.249 e. The monoisotopic (exact) mass is 272 g/mol. The van der Waals surface area contributed by atoms with Crippen LogP contribution in [0.25, 0.3) is 0 Å². The standard InChI is InChI=1S/C16H20N2O2/c1-10(2)11-4-3-5-13-12(11)8-9-18(13)14-6-7-15(19)17-16(14)20/h3-5,10,14H,6-9H2,1-2H3,(H,17,19,20). The van der Waals surface area contributed by atoms with E-state index in [1.54, 1.807) is 0 Å². The molecule has 1 aromatic rings. The third-order valence-corrected chi connectivity index (χ3v) is 4.31. The van der Waals surface area contributed by atoms with Crippen molar-refractivity contribution in [3.05, 3.63) is 29.3 Å². The normalized spacial score (nSPS) is 22.1. The Morgan fingerprint density at radius 3 is 2.75 bits per heavy atom. The van der Waals surface area contributed by atoms with Crippen LogP contribution in [-0.4, -0.2) is 24.4 Å². The first-order valence-corrected chi connectivity index (χ1v) is 7.30. The molecule has 0 aliphatic carbocycles. The van der Waals surface area contributed by atoms with Gasteiger partial charge in [0.1, 0.15) is 6.04 Å². The van der Waals surface area contributed by atoms with Crippen LogP contribution in [0.1, 0.15) is 43.7 Å². The van der Waals surface area contributed by atoms with Gasteiger partial charge in [-0.3, -0.25) is 14.9 Å². The molecule has 1 fully saturated rings. The predicted octanol–water partition coefficient (Wildman–Crippen LogP) is 1.98. The average molecular weight is 272 g/mol. The quantitative estimate of drug-likeness (QED) is 0.838. The number of imide groups is 1. The molecule has 3 rings (SSSR count). The van der Waals surface area contributed by atoms with Crippen molar-refractivity contribution in [2.75, 3.05) is 11.4 Å². The zero-order valence-electron chi connectivity index (χ0n) is 12.0. The second-order valence-corrected chi connectivity index (χ2v) is 5.91. The van der Waals surface area contributed by atoms with Gasteiger partial charge in [-0.25, -0.2) is 0 Å². The van der Waals surface area contributed by atoms with Crippen LogP contribution in [0.2, 0.25) is 0 Å². The van der Waals surface area contributed by atoms with Gasteiger partial charge in [0.05, 0.1) is 0 Å². The van der Waals surface area contributed by atoms with E-state index < -0.39 is 0 Å². The van der Waals surface area contributed by atoms with E-state index in [0.717, 1.165) is 13.0 Å². The van der Waals surface area contributed by atoms with E-state index in [-0.39, 0.29) is 17.9 Å². The molecule has 1 unspecified atom stereocenters. The zero-order chi connectivity index (χ0) is 14.3. The topological polar surface area (TPSA) is 49.4 Å². The molecule has 0 bridgehead atoms. The summed E-state index contributed by atoms with van der Waals surface area (Å²) in [5, 5.41) is 2.45. The first-order valence-electron chi connectivity index (χ1n) is 7.30. The summed E-state index contributed by atoms with van der Waals surface area (Å²) < 4.78 is 0. The molecule has 0 radical (unpaired) electrons. The number of amides is 2. The fraction of sp³-hybridized carbons (Fsp3) is 0.500. The third-order valence-electron chi connectivity index (χ3n) is 4.31. The number of rotatable bonds is 2. The van der Waals surface area contributed by atoms with Gasteiger partial charge >= 0.3 is 0 Å². The molecule has 1 saturated heterocycles. The number of benzene rings is 1. The van der Waals surface area contributed by atoms with E-state index in [2.05, 4.69) is 42.3 Å². The second-order valence-electron chi connectivity index (χ2n) is 5.91. The summed E-state index contributed by atoms with van der Waals surface area (Å²) in [6, 6.07) is 6.14. The highest BCUT2D eigenvalue weighted by atomic mass is 16.2. The second kappa shape index (κ2) is 4.93. The van der Waals surface area contributed by atoms with Crippen LogP contribution in [0.3, 0.4) is 0 Å². The van der Waals surface area contributed by atoms with Gasteiger partial charge in [-0.05, 0) is 36.0 Å². The van der Waals surface area contributed by atoms with E-state index in [1.165, 1.54) is 16.8 Å². The smallest absolute Gasteiger partial charge is 0.249 e. The predicted molar refractivity (Wildman–Crippen MR) is 77.8 cm³/mol. The first-order chi connectivity index (χ1) is 9.58. The summed E-state index contributed by atoms with van der Waals surface area (Å²) in [6.45, 7) is 5.26. The molecule has 106 valence electrons. The lowest BCUT2D eigenvalue weighted by molar-refractivity contribution is -0.134. The molecule has 20 heavy (non-hydrogen) atoms. The lowest BCUT2D eigenvalue weighted by atomic mass is 9.95. The Kier molecular flexibility index (Phi) is 3.24. The summed E-state index contributed by atoms with van der Waals surface area (Å²) in [6.07, 6.45) is 2.05. The van der Waals surface area contributed by atoms with Gasteiger partial charge in [0.2, 0.25) is 11.8 Å². The van der Waals surface area contributed by atoms with Gasteiger partial charge in [-0.1, -0.05) is 26.0 Å². The number of hydrogen-bond acceptors (Lipinski definition) is 3. The molecule has 1 aromatic carbocycles. The molecule has 2 amide bonds. The fourth-order valence-electron chi connectivity index (χ4n) is 3.33. The van der Waals surface area contributed by atoms with Crippen LogP contribution in [0, 0.1) is 0 Å². The van der Waals surface area contributed by atoms with Crippen molar-refractivity contribution < 1.29 is 9.59 Å². The van der Waals surface area contributed by atoms with Crippen molar-refractivity contribution in [2.24, 2.45) is 0 Å². The maximum atomic E-state index is 12.0. The molecule has 0 saturated carbocycles. The number of hydrogen-bond donors (Lipinski definition) is 1. The molecule has 2 aliphatic rings. The number of carbonyl (C=O) groups is 2. The lowest BCUT2D eigenvalue weighted by Crippen LogP contribution is -2.52. The molecular formula is C16H20N2O2. The zero-order valence-corrected chi connectivity index (χ0v) is 12.0. The van der Waals surface area contributed by atoms with Gasteiger partial charge in [0.25, 0.3) is 0 Å². The minimum atomic E-state index is -0.198. The minimum Gasteiger partial charge on any atom is -0.359 e. The molecule has 1 N–H and O–H groups in total. The Labute approximate surface area is 119 Å². The summed E-state index contributed by atoms with van der Waals surface area (Å²) in [4.78, 5) is 25.5. The highest BCUT2D eigenvalue weighted by Gasteiger charge is 2.35. The van der Waals surface area contributed by atoms with Crippen molar-refractivity contribution >= 4 is 17.5 Å². The van der Waals surface area contributed by atoms with E-state index in [4.69, 9.17) is 0 Å². The summed E-state index contributed by atoms with van der Waals surface area (Å²) in [5.74, 6) is 0.192. The van der Waals surface area contributed by atoms with Crippen LogP contribution in [0.4, 0.5) is 5.69 Å². The first kappa shape index (κ1) is 13.2. The van der Waals surface area contributed by atoms with Crippen LogP contribution in [-0.2, 0) is 16.0 Å². The fourth-order valence-corrected chi connectivity index (χ4v) is 3.33. The highest BCUT2D eigenvalue weighted by Crippen LogP contribution is 2.36. The summed E-state index contributed by atoms with van der Waals surface area (Å²) in [5.41, 5.74) is 3.91. The molecule has 1 atom stereocenters. The van der Waals surface area contributed by atoms with Crippen molar-refractivity contribution in [3.63, 3.8) is 0 Å². The Hall–Kier alpha value is -1.84. The SMILES string of the molecule is CC(C)c1cccc2c1CCN2C1CCC(=O)NC1=O. The van der Waals surface area contributed by atoms with Crippen LogP contribution in [0.5, 0.6) is 0 Å². The molecule has 0 spiro atoms. The van der Waals surface area contributed by atoms with Crippen molar-refractivity contribution in [3.8, 4) is 0 Å². The molecule has 4 heteroatoms. The largest absolute Gasteiger partial charge is 0.359 e. The number of nitrogens with zero attached hydrogens (tertiary/aromatic N) is 1. The average Bonchev–Trinajstić information content (AvgIpc) is 2.82. The molecule has 4 nitrogen and oxygen atoms in total. The maximum absolute atomic E-state index is 12.0. The number of fused-ring (bicyclic) bond motifs is 1. The highest BCUT2D eigenvalue weighted by molar-refractivity contribution is 6.01. The van der Waals surface area contributed by atoms with E-state index in [9.17, 15) is 9.59 Å². The molecule has 2 aliphatic heterocycles. The van der Waals surface area contributed by atoms with E-state index in [1.807, 2.05) is 0 Å². The van der Waals surface area contributed by atoms with E-state index in [0.29, 0.717) is 18.8 Å². The van der Waals surface area contributed by atoms with E-state index >= 15 is 0 Å². The van der Waals surface area contributed by atoms with Crippen molar-refractivity contribution in [1.29, 1.82) is 0 Å². The van der Waals surface area contributed by atoms with Gasteiger partial charge in [0.15, 0.2) is 0 Å². The van der Waals surface area contributed by atoms with Gasteiger partial charge < -0.3 is 4.90 Å². The van der Waals surface area contributed by atoms with Gasteiger partial charge in [0, 0.05) is 18.7 Å². The Morgan fingerprint density at radius 1 is 1.25 bits per heavy atom. The molecule has 0 aromatic heterocycles. The number of anilines is 1. The molecular weight excluding hydrogens is 252 g/mol. The Balaban J connectivity index is 1.92. The van der Waals surface area contributed by atoms with Crippen molar-refractivity contribution in [1.82, 2.24) is 5.32 Å². The number of nitrogens with one attached hydrogen (secondary N) is 1. The molecule has 2 heterocycles. The van der Waals surface area contributed by atoms with Crippen molar-refractivity contribution in [2.45, 2.75) is 45.1 Å². The number of piperidine rings is 1. The van der Waals surface area contributed by atoms with Gasteiger partial charge in [-0.2, -0.15) is 0 Å².